The molecule has 1 heterocycles. The highest BCUT2D eigenvalue weighted by atomic mass is 16.3. The normalized spacial score (nSPS) is 11.6. The van der Waals surface area contributed by atoms with E-state index < -0.39 is 6.04 Å². The van der Waals surface area contributed by atoms with Gasteiger partial charge in [0.15, 0.2) is 0 Å². The number of carbonyl (C=O) groups excluding carboxylic acids is 4. The zero-order valence-corrected chi connectivity index (χ0v) is 41.3. The molecule has 360 valence electrons. The number of hydrogen-bond donors (Lipinski definition) is 4. The first-order chi connectivity index (χ1) is 31.9. The molecule has 0 bridgehead atoms. The molecule has 0 aromatic heterocycles. The first-order valence-corrected chi connectivity index (χ1v) is 24.9. The fraction of sp³-hybridized carbons (Fsp3) is 0.537. The molecule has 2 aliphatic rings. The van der Waals surface area contributed by atoms with Crippen molar-refractivity contribution in [1.82, 2.24) is 20.1 Å². The predicted octanol–water partition coefficient (Wildman–Crippen LogP) is 9.49. The summed E-state index contributed by atoms with van der Waals surface area (Å²) < 4.78 is 9.01. The Morgan fingerprint density at radius 2 is 1.33 bits per heavy atom. The molecule has 5 N–H and O–H groups in total. The number of anilines is 2. The molecule has 12 nitrogen and oxygen atoms in total. The van der Waals surface area contributed by atoms with Crippen molar-refractivity contribution < 1.29 is 23.6 Å². The van der Waals surface area contributed by atoms with Crippen LogP contribution in [0.5, 0.6) is 0 Å². The fourth-order valence-corrected chi connectivity index (χ4v) is 8.60. The molecule has 2 aromatic rings. The highest BCUT2D eigenvalue weighted by Gasteiger charge is 2.26. The first kappa shape index (κ1) is 53.1. The Hall–Kier alpha value is -5.49. The molecular weight excluding hydrogens is 827 g/mol. The molecular formula is C54H80N7O5+. The molecule has 1 atom stereocenters. The predicted molar refractivity (Wildman–Crippen MR) is 273 cm³/mol. The molecule has 2 aromatic carbocycles. The van der Waals surface area contributed by atoms with Crippen molar-refractivity contribution in [3.8, 4) is 22.5 Å². The van der Waals surface area contributed by atoms with Crippen molar-refractivity contribution in [2.24, 2.45) is 5.73 Å². The van der Waals surface area contributed by atoms with Gasteiger partial charge in [-0.05, 0) is 116 Å². The summed E-state index contributed by atoms with van der Waals surface area (Å²) in [5.41, 5.74) is 12.3. The van der Waals surface area contributed by atoms with E-state index in [2.05, 4.69) is 96.1 Å². The lowest BCUT2D eigenvalue weighted by molar-refractivity contribution is -0.121. The van der Waals surface area contributed by atoms with Crippen molar-refractivity contribution in [2.45, 2.75) is 138 Å². The Morgan fingerprint density at radius 3 is 1.97 bits per heavy atom. The van der Waals surface area contributed by atoms with Crippen LogP contribution < -0.4 is 36.5 Å². The first-order valence-electron chi connectivity index (χ1n) is 24.9. The van der Waals surface area contributed by atoms with Gasteiger partial charge in [0.05, 0.1) is 12.1 Å². The number of amides is 4. The summed E-state index contributed by atoms with van der Waals surface area (Å²) >= 11 is 0. The summed E-state index contributed by atoms with van der Waals surface area (Å²) in [4.78, 5) is 56.0. The minimum absolute atomic E-state index is 0.0638. The summed E-state index contributed by atoms with van der Waals surface area (Å²) in [5.74, 6) is 0.285. The van der Waals surface area contributed by atoms with Gasteiger partial charge < -0.3 is 35.9 Å². The summed E-state index contributed by atoms with van der Waals surface area (Å²) in [6, 6.07) is 17.4. The van der Waals surface area contributed by atoms with Crippen LogP contribution in [0.15, 0.2) is 71.2 Å². The third-order valence-corrected chi connectivity index (χ3v) is 12.6. The number of carbonyl (C=O) groups is 4. The molecule has 4 amide bonds. The average molecular weight is 907 g/mol. The van der Waals surface area contributed by atoms with Gasteiger partial charge in [0.25, 0.3) is 5.91 Å². The van der Waals surface area contributed by atoms with Gasteiger partial charge in [-0.25, -0.2) is 4.58 Å². The monoisotopic (exact) mass is 907 g/mol. The number of nitrogens with two attached hydrogens (primary N) is 1. The highest BCUT2D eigenvalue weighted by molar-refractivity contribution is 6.10. The van der Waals surface area contributed by atoms with Gasteiger partial charge in [0.2, 0.25) is 23.1 Å². The van der Waals surface area contributed by atoms with Gasteiger partial charge in [-0.2, -0.15) is 0 Å². The molecule has 12 heteroatoms. The molecule has 0 radical (unpaired) electrons. The molecule has 0 unspecified atom stereocenters. The number of benzene rings is 3. The fourth-order valence-electron chi connectivity index (χ4n) is 8.60. The number of fused-ring (bicyclic) bond motifs is 2. The van der Waals surface area contributed by atoms with Crippen molar-refractivity contribution in [1.29, 1.82) is 0 Å². The van der Waals surface area contributed by atoms with Crippen LogP contribution in [-0.4, -0.2) is 86.9 Å². The average Bonchev–Trinajstić information content (AvgIpc) is 3.31. The molecule has 0 saturated heterocycles. The second-order valence-corrected chi connectivity index (χ2v) is 17.3. The maximum atomic E-state index is 14.4. The highest BCUT2D eigenvalue weighted by Crippen LogP contribution is 2.43. The van der Waals surface area contributed by atoms with Crippen LogP contribution in [0.3, 0.4) is 0 Å². The number of nitrogens with one attached hydrogen (secondary N) is 3. The van der Waals surface area contributed by atoms with Crippen LogP contribution in [0.2, 0.25) is 0 Å². The standard InChI is InChI=1S/C54H79N7O5/c1-9-59(10-2)41-29-32-44-48(37-41)66-49-38-42(60(11-3)12-4)30-33-45(49)51(44)43-31-28-40(36-46(43)54(65)61(13-5)14-6)58-53(64)47(55)26-23-25-34-56-50(62)27-22-20-18-16-15-17-19-21-24-35-57-52(63)39(7)8/h28-33,36-38,47H,7,9-27,34-35,55H2,1-6,8H3,(H2,56,57,62,63)/p+1/t47-/m0/s1. The van der Waals surface area contributed by atoms with Gasteiger partial charge in [-0.15, -0.1) is 0 Å². The largest absolute Gasteiger partial charge is 0.456 e. The summed E-state index contributed by atoms with van der Waals surface area (Å²) in [6.07, 6.45) is 12.3. The Labute approximate surface area is 394 Å². The molecule has 1 aliphatic carbocycles. The van der Waals surface area contributed by atoms with E-state index in [-0.39, 0.29) is 23.6 Å². The Morgan fingerprint density at radius 1 is 0.712 bits per heavy atom. The van der Waals surface area contributed by atoms with E-state index in [0.717, 1.165) is 109 Å². The lowest BCUT2D eigenvalue weighted by atomic mass is 9.89. The quantitative estimate of drug-likeness (QED) is 0.0183. The van der Waals surface area contributed by atoms with Crippen molar-refractivity contribution in [3.63, 3.8) is 0 Å². The van der Waals surface area contributed by atoms with Gasteiger partial charge in [-0.3, -0.25) is 19.2 Å². The third-order valence-electron chi connectivity index (χ3n) is 12.6. The second-order valence-electron chi connectivity index (χ2n) is 17.3. The number of rotatable bonds is 29. The lowest BCUT2D eigenvalue weighted by Crippen LogP contribution is -2.36. The minimum Gasteiger partial charge on any atom is -0.456 e. The van der Waals surface area contributed by atoms with E-state index in [9.17, 15) is 19.2 Å². The maximum absolute atomic E-state index is 14.4. The zero-order chi connectivity index (χ0) is 48.0. The zero-order valence-electron chi connectivity index (χ0n) is 41.3. The van der Waals surface area contributed by atoms with E-state index >= 15 is 0 Å². The van der Waals surface area contributed by atoms with Crippen LogP contribution in [0, 0.1) is 0 Å². The molecule has 66 heavy (non-hydrogen) atoms. The second kappa shape index (κ2) is 27.9. The van der Waals surface area contributed by atoms with E-state index in [1.165, 1.54) is 25.7 Å². The Balaban J connectivity index is 1.37. The Kier molecular flexibility index (Phi) is 22.4. The third kappa shape index (κ3) is 15.3. The molecule has 0 fully saturated rings. The molecule has 0 saturated carbocycles. The van der Waals surface area contributed by atoms with Crippen molar-refractivity contribution in [2.75, 3.05) is 62.6 Å². The van der Waals surface area contributed by atoms with E-state index in [0.29, 0.717) is 62.3 Å². The van der Waals surface area contributed by atoms with Gasteiger partial charge in [-0.1, -0.05) is 57.6 Å². The SMILES string of the molecule is C=C(C)C(=O)NCCCCCCCCCCCC(=O)NCCCC[C@H](N)C(=O)Nc1ccc(-c2c3ccc(=[N+](CC)CC)cc-3oc3cc(N(CC)CC)ccc23)c(C(=O)N(CC)CC)c1. The van der Waals surface area contributed by atoms with Crippen LogP contribution in [0.1, 0.15) is 142 Å². The topological polar surface area (TPSA) is 153 Å². The van der Waals surface area contributed by atoms with E-state index in [1.807, 2.05) is 26.0 Å². The maximum Gasteiger partial charge on any atom is 0.254 e. The summed E-state index contributed by atoms with van der Waals surface area (Å²) in [7, 11) is 0. The van der Waals surface area contributed by atoms with Crippen molar-refractivity contribution >= 4 is 46.0 Å². The molecule has 0 spiro atoms. The van der Waals surface area contributed by atoms with Gasteiger partial charge in [0.1, 0.15) is 24.4 Å². The molecule has 4 rings (SSSR count). The van der Waals surface area contributed by atoms with E-state index in [4.69, 9.17) is 10.2 Å². The summed E-state index contributed by atoms with van der Waals surface area (Å²) in [6.45, 7) is 23.6. The van der Waals surface area contributed by atoms with E-state index in [1.54, 1.807) is 17.9 Å². The lowest BCUT2D eigenvalue weighted by Gasteiger charge is -2.24. The van der Waals surface area contributed by atoms with Crippen molar-refractivity contribution in [3.05, 3.63) is 77.7 Å². The summed E-state index contributed by atoms with van der Waals surface area (Å²) in [5, 5.41) is 10.9. The Bertz CT molecular complexity index is 2250. The minimum atomic E-state index is -0.750. The number of unbranched alkanes of at least 4 members (excludes halogenated alkanes) is 9. The molecule has 1 aliphatic heterocycles. The van der Waals surface area contributed by atoms with Crippen LogP contribution in [0.25, 0.3) is 33.4 Å². The smallest absolute Gasteiger partial charge is 0.254 e. The number of hydrogen-bond acceptors (Lipinski definition) is 7. The van der Waals surface area contributed by atoms with Gasteiger partial charge >= 0.3 is 0 Å². The van der Waals surface area contributed by atoms with Gasteiger partial charge in [0, 0.05) is 96.8 Å². The number of nitrogens with zero attached hydrogens (tertiary/aromatic N) is 3. The van der Waals surface area contributed by atoms with Crippen LogP contribution in [-0.2, 0) is 14.4 Å². The van der Waals surface area contributed by atoms with Crippen LogP contribution in [0.4, 0.5) is 11.4 Å². The van der Waals surface area contributed by atoms with Crippen LogP contribution >= 0.6 is 0 Å².